The molecule has 49 heavy (non-hydrogen) atoms. The number of hydrogen-bond acceptors (Lipinski definition) is 4. The fraction of sp³-hybridized carbons (Fsp3) is 0.545. The molecule has 0 fully saturated rings. The van der Waals surface area contributed by atoms with Crippen LogP contribution in [0.4, 0.5) is 0 Å². The molecule has 266 valence electrons. The fourth-order valence-corrected chi connectivity index (χ4v) is 8.46. The van der Waals surface area contributed by atoms with E-state index in [9.17, 15) is 9.79 Å². The lowest BCUT2D eigenvalue weighted by molar-refractivity contribution is 0.250. The summed E-state index contributed by atoms with van der Waals surface area (Å²) in [6.07, 6.45) is 29.0. The van der Waals surface area contributed by atoms with Crippen molar-refractivity contribution in [2.24, 2.45) is 0 Å². The van der Waals surface area contributed by atoms with Crippen molar-refractivity contribution in [3.05, 3.63) is 71.8 Å². The fourth-order valence-electron chi connectivity index (χ4n) is 7.61. The third-order valence-corrected chi connectivity index (χ3v) is 11.3. The van der Waals surface area contributed by atoms with Crippen LogP contribution in [0.2, 0.25) is 0 Å². The van der Waals surface area contributed by atoms with Gasteiger partial charge in [0, 0.05) is 11.1 Å². The first-order valence-corrected chi connectivity index (χ1v) is 21.4. The predicted octanol–water partition coefficient (Wildman–Crippen LogP) is 14.0. The van der Waals surface area contributed by atoms with Crippen LogP contribution in [0.15, 0.2) is 60.7 Å². The minimum atomic E-state index is -4.09. The topological polar surface area (TPSA) is 58.9 Å². The van der Waals surface area contributed by atoms with Gasteiger partial charge in [0.15, 0.2) is 11.5 Å². The Labute approximate surface area is 297 Å². The van der Waals surface area contributed by atoms with E-state index in [0.717, 1.165) is 45.5 Å². The van der Waals surface area contributed by atoms with Crippen molar-refractivity contribution in [3.63, 3.8) is 0 Å². The van der Waals surface area contributed by atoms with Crippen molar-refractivity contribution in [2.45, 2.75) is 155 Å². The molecule has 1 aliphatic rings. The Balaban J connectivity index is 1.25. The SMILES string of the molecule is CCCCCCCCCCCCc1ccc2c3c(ccc2c1)O[P+](O)(O)Oc1ccc2cc(CCCCCCCCCCCC)ccc2c1-3. The summed E-state index contributed by atoms with van der Waals surface area (Å²) in [6, 6.07) is 21.3. The van der Waals surface area contributed by atoms with Gasteiger partial charge in [-0.25, -0.2) is 0 Å². The smallest absolute Gasteiger partial charge is 0.254 e. The summed E-state index contributed by atoms with van der Waals surface area (Å²) >= 11 is 0. The first-order chi connectivity index (χ1) is 24.0. The highest BCUT2D eigenvalue weighted by Gasteiger charge is 2.47. The highest BCUT2D eigenvalue weighted by atomic mass is 31.2. The maximum absolute atomic E-state index is 10.7. The minimum absolute atomic E-state index is 0.453. The minimum Gasteiger partial charge on any atom is -0.254 e. The van der Waals surface area contributed by atoms with E-state index in [0.29, 0.717) is 11.5 Å². The highest BCUT2D eigenvalue weighted by Crippen LogP contribution is 2.60. The van der Waals surface area contributed by atoms with Crippen LogP contribution in [0.1, 0.15) is 153 Å². The summed E-state index contributed by atoms with van der Waals surface area (Å²) in [7, 11) is -4.09. The van der Waals surface area contributed by atoms with Crippen LogP contribution < -0.4 is 9.05 Å². The van der Waals surface area contributed by atoms with Crippen LogP contribution >= 0.6 is 8.17 Å². The summed E-state index contributed by atoms with van der Waals surface area (Å²) < 4.78 is 11.6. The van der Waals surface area contributed by atoms with Gasteiger partial charge in [0.2, 0.25) is 0 Å². The molecule has 4 aromatic carbocycles. The van der Waals surface area contributed by atoms with E-state index in [1.54, 1.807) is 0 Å². The molecule has 5 rings (SSSR count). The zero-order valence-corrected chi connectivity index (χ0v) is 31.4. The maximum Gasteiger partial charge on any atom is 0.663 e. The second-order valence-corrected chi connectivity index (χ2v) is 15.9. The third kappa shape index (κ3) is 11.2. The summed E-state index contributed by atoms with van der Waals surface area (Å²) in [5.41, 5.74) is 4.43. The Bertz CT molecular complexity index is 1480. The van der Waals surface area contributed by atoms with Crippen molar-refractivity contribution in [1.29, 1.82) is 0 Å². The number of rotatable bonds is 22. The molecule has 0 atom stereocenters. The van der Waals surface area contributed by atoms with Crippen LogP contribution in [-0.4, -0.2) is 9.79 Å². The lowest BCUT2D eigenvalue weighted by atomic mass is 9.90. The van der Waals surface area contributed by atoms with Gasteiger partial charge in [0.05, 0.1) is 0 Å². The average Bonchev–Trinajstić information content (AvgIpc) is 3.22. The molecule has 5 heteroatoms. The maximum atomic E-state index is 10.7. The van der Waals surface area contributed by atoms with E-state index >= 15 is 0 Å². The molecule has 4 nitrogen and oxygen atoms in total. The van der Waals surface area contributed by atoms with Gasteiger partial charge in [0.25, 0.3) is 0 Å². The first-order valence-electron chi connectivity index (χ1n) is 19.8. The zero-order valence-electron chi connectivity index (χ0n) is 30.5. The Kier molecular flexibility index (Phi) is 15.1. The Morgan fingerprint density at radius 2 is 0.776 bits per heavy atom. The molecule has 0 spiro atoms. The largest absolute Gasteiger partial charge is 0.663 e. The van der Waals surface area contributed by atoms with E-state index in [1.807, 2.05) is 24.3 Å². The molecule has 1 aliphatic heterocycles. The second kappa shape index (κ2) is 19.7. The first kappa shape index (κ1) is 37.6. The molecule has 0 unspecified atom stereocenters. The number of benzene rings is 4. The van der Waals surface area contributed by atoms with Crippen LogP contribution in [-0.2, 0) is 12.8 Å². The van der Waals surface area contributed by atoms with E-state index in [2.05, 4.69) is 50.2 Å². The summed E-state index contributed by atoms with van der Waals surface area (Å²) in [5.74, 6) is 0.905. The van der Waals surface area contributed by atoms with Gasteiger partial charge in [-0.2, -0.15) is 9.79 Å². The quantitative estimate of drug-likeness (QED) is 0.0638. The van der Waals surface area contributed by atoms with E-state index in [1.165, 1.54) is 140 Å². The van der Waals surface area contributed by atoms with Crippen molar-refractivity contribution in [3.8, 4) is 22.6 Å². The molecular formula is C44H62O4P+. The van der Waals surface area contributed by atoms with Crippen LogP contribution in [0, 0.1) is 0 Å². The molecule has 0 amide bonds. The highest BCUT2D eigenvalue weighted by molar-refractivity contribution is 7.55. The molecule has 0 bridgehead atoms. The van der Waals surface area contributed by atoms with Gasteiger partial charge >= 0.3 is 8.17 Å². The molecule has 2 N–H and O–H groups in total. The predicted molar refractivity (Wildman–Crippen MR) is 211 cm³/mol. The number of aryl methyl sites for hydroxylation is 2. The molecule has 0 aromatic heterocycles. The summed E-state index contributed by atoms with van der Waals surface area (Å²) in [5, 5.41) is 4.35. The van der Waals surface area contributed by atoms with Gasteiger partial charge in [-0.3, -0.25) is 9.05 Å². The van der Waals surface area contributed by atoms with Crippen LogP contribution in [0.5, 0.6) is 11.5 Å². The molecular weight excluding hydrogens is 623 g/mol. The number of unbranched alkanes of at least 4 members (excludes halogenated alkanes) is 18. The number of hydrogen-bond donors (Lipinski definition) is 2. The third-order valence-electron chi connectivity index (χ3n) is 10.4. The molecule has 0 radical (unpaired) electrons. The lowest BCUT2D eigenvalue weighted by Gasteiger charge is -2.13. The standard InChI is InChI=1S/C44H62O4P/c1-3-5-7-9-11-13-15-17-19-21-23-35-25-29-39-37(33-35)27-31-41-43(39)44-40-30-26-36(24-22-20-18-16-14-12-10-8-6-4-2)34-38(40)28-32-42(44)48-49(45,46)47-41/h25-34,45-46H,3-24H2,1-2H3/q+1. The van der Waals surface area contributed by atoms with Gasteiger partial charge in [-0.05, 0) is 70.5 Å². The van der Waals surface area contributed by atoms with Gasteiger partial charge in [0.1, 0.15) is 0 Å². The zero-order chi connectivity index (χ0) is 34.3. The Morgan fingerprint density at radius 1 is 0.429 bits per heavy atom. The van der Waals surface area contributed by atoms with E-state index in [-0.39, 0.29) is 0 Å². The summed E-state index contributed by atoms with van der Waals surface area (Å²) in [6.45, 7) is 4.56. The van der Waals surface area contributed by atoms with Crippen LogP contribution in [0.25, 0.3) is 32.7 Å². The Hall–Kier alpha value is -2.65. The molecule has 4 aromatic rings. The van der Waals surface area contributed by atoms with Gasteiger partial charge in [-0.15, -0.1) is 0 Å². The van der Waals surface area contributed by atoms with Gasteiger partial charge < -0.3 is 0 Å². The summed E-state index contributed by atoms with van der Waals surface area (Å²) in [4.78, 5) is 21.5. The number of fused-ring (bicyclic) bond motifs is 7. The lowest BCUT2D eigenvalue weighted by Crippen LogP contribution is -2.05. The van der Waals surface area contributed by atoms with Crippen molar-refractivity contribution >= 4 is 29.7 Å². The molecule has 0 saturated heterocycles. The average molecular weight is 686 g/mol. The van der Waals surface area contributed by atoms with Gasteiger partial charge in [-0.1, -0.05) is 178 Å². The molecule has 0 saturated carbocycles. The molecule has 0 aliphatic carbocycles. The van der Waals surface area contributed by atoms with Crippen molar-refractivity contribution in [1.82, 2.24) is 0 Å². The van der Waals surface area contributed by atoms with Crippen molar-refractivity contribution in [2.75, 3.05) is 0 Å². The normalized spacial score (nSPS) is 13.6. The second-order valence-electron chi connectivity index (χ2n) is 14.5. The van der Waals surface area contributed by atoms with Crippen molar-refractivity contribution < 1.29 is 18.8 Å². The molecule has 1 heterocycles. The Morgan fingerprint density at radius 3 is 1.14 bits per heavy atom. The van der Waals surface area contributed by atoms with Crippen LogP contribution in [0.3, 0.4) is 0 Å². The van der Waals surface area contributed by atoms with E-state index in [4.69, 9.17) is 9.05 Å². The van der Waals surface area contributed by atoms with E-state index < -0.39 is 8.17 Å². The monoisotopic (exact) mass is 685 g/mol.